The molecule has 1 saturated heterocycles. The summed E-state index contributed by atoms with van der Waals surface area (Å²) < 4.78 is 65.9. The van der Waals surface area contributed by atoms with Gasteiger partial charge in [0.25, 0.3) is 0 Å². The van der Waals surface area contributed by atoms with Crippen molar-refractivity contribution in [2.45, 2.75) is 30.0 Å². The van der Waals surface area contributed by atoms with E-state index in [9.17, 15) is 21.6 Å². The second-order valence-electron chi connectivity index (χ2n) is 5.11. The number of halogens is 4. The summed E-state index contributed by atoms with van der Waals surface area (Å²) in [5, 5.41) is 2.71. The van der Waals surface area contributed by atoms with E-state index in [4.69, 9.17) is 11.6 Å². The number of rotatable bonds is 4. The zero-order valence-electron chi connectivity index (χ0n) is 11.8. The third kappa shape index (κ3) is 3.40. The first-order chi connectivity index (χ1) is 10.2. The van der Waals surface area contributed by atoms with Gasteiger partial charge in [-0.15, -0.1) is 0 Å². The zero-order chi connectivity index (χ0) is 16.5. The molecular formula is C13H16ClF3N2O2S. The summed E-state index contributed by atoms with van der Waals surface area (Å²) in [6.07, 6.45) is -3.54. The van der Waals surface area contributed by atoms with Crippen LogP contribution in [0.5, 0.6) is 0 Å². The normalized spacial score (nSPS) is 20.5. The van der Waals surface area contributed by atoms with Gasteiger partial charge in [0.2, 0.25) is 10.0 Å². The SMILES string of the molecule is CNCC1CCCN1S(=O)(=O)c1ccc(Cl)cc1C(F)(F)F. The van der Waals surface area contributed by atoms with Gasteiger partial charge in [0.05, 0.1) is 10.5 Å². The Balaban J connectivity index is 2.50. The van der Waals surface area contributed by atoms with Crippen LogP contribution >= 0.6 is 11.6 Å². The molecule has 1 atom stereocenters. The van der Waals surface area contributed by atoms with E-state index in [0.717, 1.165) is 16.4 Å². The van der Waals surface area contributed by atoms with Crippen molar-refractivity contribution in [1.82, 2.24) is 9.62 Å². The average molecular weight is 357 g/mol. The molecule has 1 heterocycles. The molecule has 2 rings (SSSR count). The Kier molecular flexibility index (Phi) is 5.06. The lowest BCUT2D eigenvalue weighted by atomic mass is 10.2. The fourth-order valence-corrected chi connectivity index (χ4v) is 4.70. The predicted octanol–water partition coefficient (Wildman–Crippen LogP) is 2.73. The lowest BCUT2D eigenvalue weighted by Gasteiger charge is -2.25. The van der Waals surface area contributed by atoms with Crippen molar-refractivity contribution in [3.05, 3.63) is 28.8 Å². The summed E-state index contributed by atoms with van der Waals surface area (Å²) in [4.78, 5) is -0.743. The molecule has 0 spiro atoms. The summed E-state index contributed by atoms with van der Waals surface area (Å²) in [6.45, 7) is 0.614. The maximum atomic E-state index is 13.1. The number of nitrogens with one attached hydrogen (secondary N) is 1. The second kappa shape index (κ2) is 6.35. The van der Waals surface area contributed by atoms with Gasteiger partial charge in [-0.3, -0.25) is 0 Å². The summed E-state index contributed by atoms with van der Waals surface area (Å²) >= 11 is 5.59. The van der Waals surface area contributed by atoms with Crippen LogP contribution in [0, 0.1) is 0 Å². The van der Waals surface area contributed by atoms with Crippen LogP contribution in [-0.2, 0) is 16.2 Å². The van der Waals surface area contributed by atoms with Crippen LogP contribution < -0.4 is 5.32 Å². The number of nitrogens with zero attached hydrogens (tertiary/aromatic N) is 1. The molecule has 0 bridgehead atoms. The molecule has 1 aliphatic rings. The molecule has 1 fully saturated rings. The maximum absolute atomic E-state index is 13.1. The lowest BCUT2D eigenvalue weighted by Crippen LogP contribution is -2.41. The van der Waals surface area contributed by atoms with E-state index in [1.54, 1.807) is 7.05 Å². The molecule has 0 radical (unpaired) electrons. The predicted molar refractivity (Wildman–Crippen MR) is 77.3 cm³/mol. The van der Waals surface area contributed by atoms with E-state index in [0.29, 0.717) is 25.5 Å². The minimum absolute atomic E-state index is 0.153. The van der Waals surface area contributed by atoms with E-state index in [2.05, 4.69) is 5.32 Å². The molecule has 1 aliphatic heterocycles. The number of sulfonamides is 1. The van der Waals surface area contributed by atoms with Gasteiger partial charge in [-0.1, -0.05) is 11.6 Å². The van der Waals surface area contributed by atoms with Gasteiger partial charge in [0, 0.05) is 24.2 Å². The van der Waals surface area contributed by atoms with E-state index in [-0.39, 0.29) is 17.6 Å². The van der Waals surface area contributed by atoms with Crippen molar-refractivity contribution < 1.29 is 21.6 Å². The third-order valence-corrected chi connectivity index (χ3v) is 5.84. The summed E-state index contributed by atoms with van der Waals surface area (Å²) in [5.74, 6) is 0. The first-order valence-electron chi connectivity index (χ1n) is 6.71. The molecule has 0 amide bonds. The van der Waals surface area contributed by atoms with E-state index in [1.165, 1.54) is 0 Å². The molecule has 1 unspecified atom stereocenters. The van der Waals surface area contributed by atoms with E-state index >= 15 is 0 Å². The number of alkyl halides is 3. The van der Waals surface area contributed by atoms with Gasteiger partial charge in [-0.05, 0) is 38.1 Å². The summed E-state index contributed by atoms with van der Waals surface area (Å²) in [7, 11) is -2.55. The van der Waals surface area contributed by atoms with Crippen LogP contribution in [0.15, 0.2) is 23.1 Å². The minimum Gasteiger partial charge on any atom is -0.318 e. The molecule has 124 valence electrons. The lowest BCUT2D eigenvalue weighted by molar-refractivity contribution is -0.139. The van der Waals surface area contributed by atoms with Crippen LogP contribution in [0.1, 0.15) is 18.4 Å². The van der Waals surface area contributed by atoms with Crippen molar-refractivity contribution in [3.63, 3.8) is 0 Å². The molecule has 0 saturated carbocycles. The van der Waals surface area contributed by atoms with Gasteiger partial charge in [0.1, 0.15) is 0 Å². The average Bonchev–Trinajstić information content (AvgIpc) is 2.87. The fourth-order valence-electron chi connectivity index (χ4n) is 2.64. The second-order valence-corrected chi connectivity index (χ2v) is 7.40. The molecule has 9 heteroatoms. The molecule has 1 aromatic carbocycles. The van der Waals surface area contributed by atoms with Gasteiger partial charge in [0.15, 0.2) is 0 Å². The van der Waals surface area contributed by atoms with Gasteiger partial charge in [-0.25, -0.2) is 8.42 Å². The smallest absolute Gasteiger partial charge is 0.318 e. The van der Waals surface area contributed by atoms with Gasteiger partial charge >= 0.3 is 6.18 Å². The Morgan fingerprint density at radius 2 is 2.09 bits per heavy atom. The van der Waals surface area contributed by atoms with Crippen molar-refractivity contribution >= 4 is 21.6 Å². The molecule has 1 aromatic rings. The van der Waals surface area contributed by atoms with Crippen molar-refractivity contribution in [3.8, 4) is 0 Å². The Bertz CT molecular complexity index is 649. The third-order valence-electron chi connectivity index (χ3n) is 3.60. The Labute approximate surface area is 132 Å². The first-order valence-corrected chi connectivity index (χ1v) is 8.53. The Morgan fingerprint density at radius 3 is 2.68 bits per heavy atom. The van der Waals surface area contributed by atoms with Crippen LogP contribution in [0.3, 0.4) is 0 Å². The van der Waals surface area contributed by atoms with E-state index < -0.39 is 26.7 Å². The largest absolute Gasteiger partial charge is 0.417 e. The van der Waals surface area contributed by atoms with Crippen LogP contribution in [0.4, 0.5) is 13.2 Å². The van der Waals surface area contributed by atoms with Crippen molar-refractivity contribution in [2.75, 3.05) is 20.1 Å². The summed E-state index contributed by atoms with van der Waals surface area (Å²) in [6, 6.07) is 2.39. The highest BCUT2D eigenvalue weighted by atomic mass is 35.5. The number of likely N-dealkylation sites (N-methyl/N-ethyl adjacent to an activating group) is 1. The Morgan fingerprint density at radius 1 is 1.41 bits per heavy atom. The quantitative estimate of drug-likeness (QED) is 0.902. The number of hydrogen-bond donors (Lipinski definition) is 1. The zero-order valence-corrected chi connectivity index (χ0v) is 13.4. The van der Waals surface area contributed by atoms with Crippen molar-refractivity contribution in [1.29, 1.82) is 0 Å². The maximum Gasteiger partial charge on any atom is 0.417 e. The molecule has 0 aromatic heterocycles. The monoisotopic (exact) mass is 356 g/mol. The van der Waals surface area contributed by atoms with Crippen LogP contribution in [0.2, 0.25) is 5.02 Å². The highest BCUT2D eigenvalue weighted by Crippen LogP contribution is 2.38. The molecule has 1 N–H and O–H groups in total. The number of benzene rings is 1. The topological polar surface area (TPSA) is 49.4 Å². The minimum atomic E-state index is -4.79. The van der Waals surface area contributed by atoms with Crippen molar-refractivity contribution in [2.24, 2.45) is 0 Å². The molecular weight excluding hydrogens is 341 g/mol. The Hall–Kier alpha value is -0.830. The number of hydrogen-bond acceptors (Lipinski definition) is 3. The standard InChI is InChI=1S/C13H16ClF3N2O2S/c1-18-8-10-3-2-6-19(10)22(20,21)12-5-4-9(14)7-11(12)13(15,16)17/h4-5,7,10,18H,2-3,6,8H2,1H3. The van der Waals surface area contributed by atoms with Gasteiger partial charge in [-0.2, -0.15) is 17.5 Å². The first kappa shape index (κ1) is 17.5. The molecule has 4 nitrogen and oxygen atoms in total. The van der Waals surface area contributed by atoms with Gasteiger partial charge < -0.3 is 5.32 Å². The van der Waals surface area contributed by atoms with Crippen LogP contribution in [0.25, 0.3) is 0 Å². The highest BCUT2D eigenvalue weighted by Gasteiger charge is 2.42. The van der Waals surface area contributed by atoms with Crippen LogP contribution in [-0.4, -0.2) is 38.9 Å². The van der Waals surface area contributed by atoms with E-state index in [1.807, 2.05) is 0 Å². The highest BCUT2D eigenvalue weighted by molar-refractivity contribution is 7.89. The molecule has 0 aliphatic carbocycles. The summed E-state index contributed by atoms with van der Waals surface area (Å²) in [5.41, 5.74) is -1.23. The fraction of sp³-hybridized carbons (Fsp3) is 0.538. The molecule has 22 heavy (non-hydrogen) atoms.